The fourth-order valence-electron chi connectivity index (χ4n) is 2.95. The van der Waals surface area contributed by atoms with Gasteiger partial charge in [0.05, 0.1) is 23.4 Å². The fourth-order valence-corrected chi connectivity index (χ4v) is 4.32. The molecule has 0 saturated carbocycles. The number of methoxy groups -OCH3 is 1. The number of rotatable bonds is 4. The molecule has 4 rings (SSSR count). The third-order valence-electron chi connectivity index (χ3n) is 4.42. The lowest BCUT2D eigenvalue weighted by molar-refractivity contribution is -0.113. The Balaban J connectivity index is 1.79. The first-order valence-electron chi connectivity index (χ1n) is 9.12. The number of benzene rings is 3. The first kappa shape index (κ1) is 21.3. The van der Waals surface area contributed by atoms with E-state index in [0.29, 0.717) is 27.2 Å². The number of aliphatic imine (C=N–C) groups is 1. The lowest BCUT2D eigenvalue weighted by Gasteiger charge is -2.15. The van der Waals surface area contributed by atoms with Crippen LogP contribution in [-0.4, -0.2) is 18.2 Å². The molecule has 156 valence electrons. The van der Waals surface area contributed by atoms with Crippen molar-refractivity contribution in [1.29, 1.82) is 0 Å². The number of ether oxygens (including phenoxy) is 1. The topological polar surface area (TPSA) is 41.9 Å². The lowest BCUT2D eigenvalue weighted by atomic mass is 10.2. The van der Waals surface area contributed by atoms with Crippen LogP contribution >= 0.6 is 27.7 Å². The molecular weight excluding hydrogens is 486 g/mol. The number of thioether (sulfide) groups is 1. The van der Waals surface area contributed by atoms with Crippen LogP contribution < -0.4 is 9.64 Å². The number of carbonyl (C=O) groups excluding carboxylic acids is 1. The number of halogens is 3. The summed E-state index contributed by atoms with van der Waals surface area (Å²) in [5, 5.41) is 0.378. The second-order valence-corrected chi connectivity index (χ2v) is 8.41. The summed E-state index contributed by atoms with van der Waals surface area (Å²) in [6.45, 7) is 0. The summed E-state index contributed by atoms with van der Waals surface area (Å²) in [5.74, 6) is -0.479. The van der Waals surface area contributed by atoms with Crippen molar-refractivity contribution in [3.05, 3.63) is 93.3 Å². The van der Waals surface area contributed by atoms with Gasteiger partial charge in [-0.2, -0.15) is 0 Å². The van der Waals surface area contributed by atoms with E-state index in [1.165, 1.54) is 65.2 Å². The van der Waals surface area contributed by atoms with Gasteiger partial charge in [0.25, 0.3) is 5.91 Å². The zero-order valence-corrected chi connectivity index (χ0v) is 18.6. The number of carbonyl (C=O) groups is 1. The van der Waals surface area contributed by atoms with Gasteiger partial charge in [-0.3, -0.25) is 9.69 Å². The van der Waals surface area contributed by atoms with Gasteiger partial charge in [0.15, 0.2) is 5.17 Å². The average Bonchev–Trinajstić information content (AvgIpc) is 3.05. The predicted octanol–water partition coefficient (Wildman–Crippen LogP) is 6.54. The molecule has 1 aliphatic heterocycles. The highest BCUT2D eigenvalue weighted by molar-refractivity contribution is 9.10. The highest BCUT2D eigenvalue weighted by Crippen LogP contribution is 2.38. The molecule has 31 heavy (non-hydrogen) atoms. The number of nitrogens with zero attached hydrogens (tertiary/aromatic N) is 2. The summed E-state index contributed by atoms with van der Waals surface area (Å²) in [5.41, 5.74) is 1.68. The van der Waals surface area contributed by atoms with Crippen molar-refractivity contribution < 1.29 is 18.3 Å². The Morgan fingerprint density at radius 1 is 1.00 bits per heavy atom. The van der Waals surface area contributed by atoms with Crippen LogP contribution in [0.3, 0.4) is 0 Å². The van der Waals surface area contributed by atoms with Crippen LogP contribution in [-0.2, 0) is 4.79 Å². The van der Waals surface area contributed by atoms with Crippen molar-refractivity contribution in [2.75, 3.05) is 12.0 Å². The van der Waals surface area contributed by atoms with E-state index in [1.807, 2.05) is 12.1 Å². The van der Waals surface area contributed by atoms with Crippen molar-refractivity contribution in [3.8, 4) is 5.75 Å². The van der Waals surface area contributed by atoms with Gasteiger partial charge in [-0.1, -0.05) is 15.9 Å². The van der Waals surface area contributed by atoms with Crippen LogP contribution in [0.1, 0.15) is 5.56 Å². The Kier molecular flexibility index (Phi) is 6.20. The van der Waals surface area contributed by atoms with Crippen molar-refractivity contribution >= 4 is 56.2 Å². The van der Waals surface area contributed by atoms with Crippen LogP contribution in [0.25, 0.3) is 6.08 Å². The Hall–Kier alpha value is -2.97. The van der Waals surface area contributed by atoms with Gasteiger partial charge in [0.2, 0.25) is 0 Å². The minimum atomic E-state index is -0.408. The van der Waals surface area contributed by atoms with Gasteiger partial charge in [-0.25, -0.2) is 13.8 Å². The highest BCUT2D eigenvalue weighted by Gasteiger charge is 2.35. The van der Waals surface area contributed by atoms with Crippen molar-refractivity contribution in [3.63, 3.8) is 0 Å². The van der Waals surface area contributed by atoms with Gasteiger partial charge in [-0.15, -0.1) is 0 Å². The van der Waals surface area contributed by atoms with Gasteiger partial charge in [0, 0.05) is 10.0 Å². The second-order valence-electron chi connectivity index (χ2n) is 6.48. The Morgan fingerprint density at radius 3 is 2.29 bits per heavy atom. The van der Waals surface area contributed by atoms with E-state index in [2.05, 4.69) is 20.9 Å². The maximum Gasteiger partial charge on any atom is 0.271 e. The van der Waals surface area contributed by atoms with E-state index in [4.69, 9.17) is 4.74 Å². The van der Waals surface area contributed by atoms with E-state index in [0.717, 1.165) is 10.0 Å². The standard InChI is InChI=1S/C23H15BrF2N2O2S/c1-30-20-11-2-15(24)12-14(20)13-21-22(29)28(19-9-5-17(26)6-10-19)23(31-21)27-18-7-3-16(25)4-8-18/h2-13H,1H3/b21-13+,27-23?. The molecule has 0 atom stereocenters. The molecule has 0 radical (unpaired) electrons. The first-order valence-corrected chi connectivity index (χ1v) is 10.7. The number of amides is 1. The quantitative estimate of drug-likeness (QED) is 0.381. The van der Waals surface area contributed by atoms with Gasteiger partial charge >= 0.3 is 0 Å². The van der Waals surface area contributed by atoms with E-state index in [1.54, 1.807) is 19.3 Å². The Bertz CT molecular complexity index is 1200. The van der Waals surface area contributed by atoms with Gasteiger partial charge in [-0.05, 0) is 84.6 Å². The molecule has 0 bridgehead atoms. The zero-order valence-electron chi connectivity index (χ0n) is 16.2. The number of anilines is 1. The Morgan fingerprint density at radius 2 is 1.65 bits per heavy atom. The number of hydrogen-bond donors (Lipinski definition) is 0. The molecule has 0 N–H and O–H groups in total. The maximum atomic E-state index is 13.4. The third kappa shape index (κ3) is 4.70. The predicted molar refractivity (Wildman–Crippen MR) is 124 cm³/mol. The summed E-state index contributed by atoms with van der Waals surface area (Å²) in [7, 11) is 1.56. The molecule has 0 aliphatic carbocycles. The van der Waals surface area contributed by atoms with Crippen LogP contribution in [0.4, 0.5) is 20.2 Å². The van der Waals surface area contributed by atoms with E-state index in [9.17, 15) is 13.6 Å². The summed E-state index contributed by atoms with van der Waals surface area (Å²) >= 11 is 4.60. The molecule has 0 aromatic heterocycles. The highest BCUT2D eigenvalue weighted by atomic mass is 79.9. The molecule has 1 heterocycles. The van der Waals surface area contributed by atoms with Crippen molar-refractivity contribution in [2.24, 2.45) is 4.99 Å². The summed E-state index contributed by atoms with van der Waals surface area (Å²) in [4.78, 5) is 19.6. The minimum Gasteiger partial charge on any atom is -0.496 e. The Labute approximate surface area is 190 Å². The molecule has 8 heteroatoms. The van der Waals surface area contributed by atoms with Crippen LogP contribution in [0.5, 0.6) is 5.75 Å². The molecule has 4 nitrogen and oxygen atoms in total. The summed E-state index contributed by atoms with van der Waals surface area (Å²) < 4.78 is 32.9. The third-order valence-corrected chi connectivity index (χ3v) is 5.88. The molecule has 1 fully saturated rings. The van der Waals surface area contributed by atoms with Crippen LogP contribution in [0, 0.1) is 11.6 Å². The second kappa shape index (κ2) is 9.03. The monoisotopic (exact) mass is 500 g/mol. The van der Waals surface area contributed by atoms with Gasteiger partial charge in [0.1, 0.15) is 17.4 Å². The molecule has 3 aromatic carbocycles. The maximum absolute atomic E-state index is 13.4. The van der Waals surface area contributed by atoms with Crippen molar-refractivity contribution in [2.45, 2.75) is 0 Å². The largest absolute Gasteiger partial charge is 0.496 e. The van der Waals surface area contributed by atoms with Crippen LogP contribution in [0.15, 0.2) is 81.1 Å². The summed E-state index contributed by atoms with van der Waals surface area (Å²) in [6, 6.07) is 16.7. The number of amidine groups is 1. The zero-order chi connectivity index (χ0) is 22.0. The minimum absolute atomic E-state index is 0.306. The molecule has 1 aliphatic rings. The molecular formula is C23H15BrF2N2O2S. The molecule has 0 unspecified atom stereocenters. The van der Waals surface area contributed by atoms with Crippen LogP contribution in [0.2, 0.25) is 0 Å². The molecule has 1 saturated heterocycles. The van der Waals surface area contributed by atoms with E-state index in [-0.39, 0.29) is 11.7 Å². The smallest absolute Gasteiger partial charge is 0.271 e. The lowest BCUT2D eigenvalue weighted by Crippen LogP contribution is -2.28. The normalized spacial score (nSPS) is 16.4. The first-order chi connectivity index (χ1) is 14.9. The summed E-state index contributed by atoms with van der Waals surface area (Å²) in [6.07, 6.45) is 1.72. The average molecular weight is 501 g/mol. The number of hydrogen-bond acceptors (Lipinski definition) is 4. The van der Waals surface area contributed by atoms with Crippen molar-refractivity contribution in [1.82, 2.24) is 0 Å². The molecule has 0 spiro atoms. The van der Waals surface area contributed by atoms with E-state index >= 15 is 0 Å². The SMILES string of the molecule is COc1ccc(Br)cc1/C=C1/SC(=Nc2ccc(F)cc2)N(c2ccc(F)cc2)C1=O. The molecule has 3 aromatic rings. The van der Waals surface area contributed by atoms with E-state index < -0.39 is 5.82 Å². The van der Waals surface area contributed by atoms with Gasteiger partial charge < -0.3 is 4.74 Å². The fraction of sp³-hybridized carbons (Fsp3) is 0.0435. The molecule has 1 amide bonds.